The Balaban J connectivity index is 1.30. The van der Waals surface area contributed by atoms with Gasteiger partial charge in [0.05, 0.1) is 6.42 Å². The second kappa shape index (κ2) is 7.71. The van der Waals surface area contributed by atoms with Gasteiger partial charge in [0.15, 0.2) is 11.5 Å². The standard InChI is InChI=1S/C24H23N5O/c1-17-4-6-18(7-5-17)13-23(30)28-12-10-21(15-28)24-26-22-9-8-20(16-29(22)27-24)19-3-2-11-25-14-19/h2-9,11,14,16,21H,10,12-13,15H2,1H3/t21-/m1/s1. The van der Waals surface area contributed by atoms with Crippen molar-refractivity contribution in [1.29, 1.82) is 0 Å². The van der Waals surface area contributed by atoms with E-state index in [4.69, 9.17) is 10.1 Å². The number of likely N-dealkylation sites (tertiary alicyclic amines) is 1. The molecule has 0 bridgehead atoms. The predicted molar refractivity (Wildman–Crippen MR) is 115 cm³/mol. The number of amides is 1. The Morgan fingerprint density at radius 1 is 1.10 bits per heavy atom. The second-order valence-electron chi connectivity index (χ2n) is 7.92. The van der Waals surface area contributed by atoms with Crippen molar-refractivity contribution in [2.45, 2.75) is 25.7 Å². The number of benzene rings is 1. The molecule has 0 saturated carbocycles. The molecule has 0 N–H and O–H groups in total. The average Bonchev–Trinajstić information content (AvgIpc) is 3.42. The molecule has 0 spiro atoms. The van der Waals surface area contributed by atoms with E-state index in [2.05, 4.69) is 24.0 Å². The van der Waals surface area contributed by atoms with E-state index in [-0.39, 0.29) is 11.8 Å². The fourth-order valence-corrected chi connectivity index (χ4v) is 3.97. The van der Waals surface area contributed by atoms with E-state index < -0.39 is 0 Å². The molecule has 6 heteroatoms. The summed E-state index contributed by atoms with van der Waals surface area (Å²) in [7, 11) is 0. The quantitative estimate of drug-likeness (QED) is 0.527. The van der Waals surface area contributed by atoms with Gasteiger partial charge in [-0.3, -0.25) is 9.78 Å². The van der Waals surface area contributed by atoms with Crippen molar-refractivity contribution in [3.63, 3.8) is 0 Å². The van der Waals surface area contributed by atoms with Crippen LogP contribution in [0, 0.1) is 6.92 Å². The molecule has 4 aromatic rings. The molecule has 1 fully saturated rings. The van der Waals surface area contributed by atoms with Crippen LogP contribution in [-0.4, -0.2) is 43.5 Å². The minimum atomic E-state index is 0.170. The van der Waals surface area contributed by atoms with Crippen molar-refractivity contribution in [1.82, 2.24) is 24.5 Å². The Kier molecular flexibility index (Phi) is 4.75. The first-order valence-electron chi connectivity index (χ1n) is 10.3. The van der Waals surface area contributed by atoms with Crippen LogP contribution in [0.5, 0.6) is 0 Å². The number of nitrogens with zero attached hydrogens (tertiary/aromatic N) is 5. The van der Waals surface area contributed by atoms with Gasteiger partial charge in [0.25, 0.3) is 0 Å². The third-order valence-corrected chi connectivity index (χ3v) is 5.72. The first-order chi connectivity index (χ1) is 14.7. The Hall–Kier alpha value is -3.54. The van der Waals surface area contributed by atoms with Gasteiger partial charge >= 0.3 is 0 Å². The molecular formula is C24H23N5O. The summed E-state index contributed by atoms with van der Waals surface area (Å²) in [5.41, 5.74) is 5.18. The van der Waals surface area contributed by atoms with E-state index in [1.54, 1.807) is 6.20 Å². The third kappa shape index (κ3) is 3.68. The molecule has 0 aliphatic carbocycles. The topological polar surface area (TPSA) is 63.4 Å². The summed E-state index contributed by atoms with van der Waals surface area (Å²) in [6.45, 7) is 3.49. The zero-order valence-corrected chi connectivity index (χ0v) is 16.9. The van der Waals surface area contributed by atoms with Crippen molar-refractivity contribution in [3.05, 3.63) is 84.1 Å². The first kappa shape index (κ1) is 18.5. The van der Waals surface area contributed by atoms with Crippen molar-refractivity contribution >= 4 is 11.6 Å². The SMILES string of the molecule is Cc1ccc(CC(=O)N2CC[C@@H](c3nc4ccc(-c5cccnc5)cn4n3)C2)cc1. The number of pyridine rings is 2. The molecule has 0 unspecified atom stereocenters. The molecule has 0 radical (unpaired) electrons. The molecule has 5 rings (SSSR count). The molecule has 3 aromatic heterocycles. The number of hydrogen-bond acceptors (Lipinski definition) is 4. The van der Waals surface area contributed by atoms with Crippen molar-refractivity contribution in [2.75, 3.05) is 13.1 Å². The number of carbonyl (C=O) groups is 1. The van der Waals surface area contributed by atoms with Crippen LogP contribution in [-0.2, 0) is 11.2 Å². The number of rotatable bonds is 4. The van der Waals surface area contributed by atoms with Gasteiger partial charge in [-0.1, -0.05) is 35.9 Å². The minimum Gasteiger partial charge on any atom is -0.342 e. The molecule has 1 aliphatic rings. The second-order valence-corrected chi connectivity index (χ2v) is 7.92. The molecule has 1 amide bonds. The lowest BCUT2D eigenvalue weighted by molar-refractivity contribution is -0.129. The van der Waals surface area contributed by atoms with Crippen molar-refractivity contribution in [2.24, 2.45) is 0 Å². The third-order valence-electron chi connectivity index (χ3n) is 5.72. The fourth-order valence-electron chi connectivity index (χ4n) is 3.97. The van der Waals surface area contributed by atoms with Crippen molar-refractivity contribution in [3.8, 4) is 11.1 Å². The number of fused-ring (bicyclic) bond motifs is 1. The van der Waals surface area contributed by atoms with Gasteiger partial charge in [0.2, 0.25) is 5.91 Å². The van der Waals surface area contributed by atoms with E-state index in [0.29, 0.717) is 13.0 Å². The van der Waals surface area contributed by atoms with E-state index in [1.165, 1.54) is 5.56 Å². The van der Waals surface area contributed by atoms with Gasteiger partial charge in [-0.25, -0.2) is 9.50 Å². The van der Waals surface area contributed by atoms with Crippen LogP contribution >= 0.6 is 0 Å². The zero-order chi connectivity index (χ0) is 20.5. The van der Waals surface area contributed by atoms with Crippen LogP contribution in [0.1, 0.15) is 29.3 Å². The van der Waals surface area contributed by atoms with E-state index >= 15 is 0 Å². The van der Waals surface area contributed by atoms with Gasteiger partial charge in [-0.05, 0) is 37.1 Å². The van der Waals surface area contributed by atoms with Gasteiger partial charge in [0, 0.05) is 48.7 Å². The van der Waals surface area contributed by atoms with Crippen LogP contribution in [0.3, 0.4) is 0 Å². The maximum atomic E-state index is 12.7. The lowest BCUT2D eigenvalue weighted by atomic mass is 10.1. The highest BCUT2D eigenvalue weighted by Crippen LogP contribution is 2.26. The highest BCUT2D eigenvalue weighted by Gasteiger charge is 2.30. The maximum absolute atomic E-state index is 12.7. The molecule has 1 aliphatic heterocycles. The summed E-state index contributed by atoms with van der Waals surface area (Å²) in [5, 5.41) is 4.72. The predicted octanol–water partition coefficient (Wildman–Crippen LogP) is 3.66. The first-order valence-corrected chi connectivity index (χ1v) is 10.3. The van der Waals surface area contributed by atoms with Crippen LogP contribution in [0.4, 0.5) is 0 Å². The van der Waals surface area contributed by atoms with E-state index in [1.807, 2.05) is 58.2 Å². The highest BCUT2D eigenvalue weighted by molar-refractivity contribution is 5.79. The molecular weight excluding hydrogens is 374 g/mol. The van der Waals surface area contributed by atoms with E-state index in [0.717, 1.165) is 41.1 Å². The molecule has 150 valence electrons. The number of hydrogen-bond donors (Lipinski definition) is 0. The van der Waals surface area contributed by atoms with Gasteiger partial charge in [-0.15, -0.1) is 0 Å². The van der Waals surface area contributed by atoms with Gasteiger partial charge in [-0.2, -0.15) is 5.10 Å². The van der Waals surface area contributed by atoms with Crippen LogP contribution in [0.25, 0.3) is 16.8 Å². The minimum absolute atomic E-state index is 0.170. The molecule has 1 saturated heterocycles. The Bertz CT molecular complexity index is 1180. The van der Waals surface area contributed by atoms with Gasteiger partial charge in [0.1, 0.15) is 0 Å². The monoisotopic (exact) mass is 397 g/mol. The summed E-state index contributed by atoms with van der Waals surface area (Å²) in [6, 6.07) is 16.1. The van der Waals surface area contributed by atoms with E-state index in [9.17, 15) is 4.79 Å². The highest BCUT2D eigenvalue weighted by atomic mass is 16.2. The van der Waals surface area contributed by atoms with Gasteiger partial charge < -0.3 is 4.90 Å². The largest absolute Gasteiger partial charge is 0.342 e. The number of aromatic nitrogens is 4. The van der Waals surface area contributed by atoms with Crippen LogP contribution in [0.15, 0.2) is 67.1 Å². The normalized spacial score (nSPS) is 16.3. The fraction of sp³-hybridized carbons (Fsp3) is 0.250. The summed E-state index contributed by atoms with van der Waals surface area (Å²) in [6.07, 6.45) is 6.93. The molecule has 6 nitrogen and oxygen atoms in total. The van der Waals surface area contributed by atoms with Crippen LogP contribution in [0.2, 0.25) is 0 Å². The summed E-state index contributed by atoms with van der Waals surface area (Å²) < 4.78 is 1.83. The summed E-state index contributed by atoms with van der Waals surface area (Å²) in [5.74, 6) is 1.15. The van der Waals surface area contributed by atoms with Crippen molar-refractivity contribution < 1.29 is 4.79 Å². The molecule has 4 heterocycles. The lowest BCUT2D eigenvalue weighted by Gasteiger charge is -2.16. The number of aryl methyl sites for hydroxylation is 1. The number of carbonyl (C=O) groups excluding carboxylic acids is 1. The Morgan fingerprint density at radius 3 is 2.77 bits per heavy atom. The Morgan fingerprint density at radius 2 is 1.97 bits per heavy atom. The molecule has 30 heavy (non-hydrogen) atoms. The summed E-state index contributed by atoms with van der Waals surface area (Å²) >= 11 is 0. The Labute approximate surface area is 175 Å². The smallest absolute Gasteiger partial charge is 0.227 e. The lowest BCUT2D eigenvalue weighted by Crippen LogP contribution is -2.30. The maximum Gasteiger partial charge on any atom is 0.227 e. The molecule has 1 atom stereocenters. The summed E-state index contributed by atoms with van der Waals surface area (Å²) in [4.78, 5) is 23.6. The van der Waals surface area contributed by atoms with Crippen LogP contribution < -0.4 is 0 Å². The molecule has 1 aromatic carbocycles. The zero-order valence-electron chi connectivity index (χ0n) is 16.9. The average molecular weight is 397 g/mol.